The zero-order chi connectivity index (χ0) is 13.6. The van der Waals surface area contributed by atoms with Gasteiger partial charge in [-0.2, -0.15) is 0 Å². The van der Waals surface area contributed by atoms with E-state index >= 15 is 0 Å². The molecule has 18 heavy (non-hydrogen) atoms. The van der Waals surface area contributed by atoms with Crippen LogP contribution in [0.4, 0.5) is 0 Å². The number of unbranched alkanes of at least 4 members (excludes halogenated alkanes) is 9. The summed E-state index contributed by atoms with van der Waals surface area (Å²) in [5.41, 5.74) is 6.04. The van der Waals surface area contributed by atoms with Crippen LogP contribution in [0.15, 0.2) is 0 Å². The first-order chi connectivity index (χ1) is 8.72. The van der Waals surface area contributed by atoms with Crippen LogP contribution in [0.1, 0.15) is 97.8 Å². The average molecular weight is 255 g/mol. The van der Waals surface area contributed by atoms with Gasteiger partial charge in [0.2, 0.25) is 0 Å². The fourth-order valence-electron chi connectivity index (χ4n) is 2.57. The van der Waals surface area contributed by atoms with E-state index < -0.39 is 0 Å². The second kappa shape index (κ2) is 13.4. The van der Waals surface area contributed by atoms with E-state index in [0.717, 1.165) is 6.42 Å². The molecule has 0 spiro atoms. The van der Waals surface area contributed by atoms with Crippen molar-refractivity contribution in [1.82, 2.24) is 0 Å². The molecule has 1 nitrogen and oxygen atoms in total. The van der Waals surface area contributed by atoms with Crippen LogP contribution >= 0.6 is 0 Å². The van der Waals surface area contributed by atoms with E-state index in [4.69, 9.17) is 5.73 Å². The van der Waals surface area contributed by atoms with Gasteiger partial charge in [0, 0.05) is 6.04 Å². The fourth-order valence-corrected chi connectivity index (χ4v) is 2.57. The summed E-state index contributed by atoms with van der Waals surface area (Å²) in [5, 5.41) is 0. The summed E-state index contributed by atoms with van der Waals surface area (Å²) in [6.07, 6.45) is 16.7. The molecule has 110 valence electrons. The summed E-state index contributed by atoms with van der Waals surface area (Å²) in [5.74, 6) is 0.712. The number of rotatable bonds is 13. The molecule has 0 saturated heterocycles. The summed E-state index contributed by atoms with van der Waals surface area (Å²) in [4.78, 5) is 0. The first-order valence-electron chi connectivity index (χ1n) is 8.47. The third-order valence-corrected chi connectivity index (χ3v) is 4.22. The molecule has 0 amide bonds. The Morgan fingerprint density at radius 2 is 1.17 bits per heavy atom. The molecule has 0 aliphatic carbocycles. The fraction of sp³-hybridized carbons (Fsp3) is 1.00. The highest BCUT2D eigenvalue weighted by Gasteiger charge is 2.09. The maximum absolute atomic E-state index is 6.04. The van der Waals surface area contributed by atoms with E-state index in [-0.39, 0.29) is 0 Å². The number of hydrogen-bond acceptors (Lipinski definition) is 1. The topological polar surface area (TPSA) is 26.0 Å². The van der Waals surface area contributed by atoms with Gasteiger partial charge in [-0.05, 0) is 18.8 Å². The van der Waals surface area contributed by atoms with E-state index in [1.165, 1.54) is 70.6 Å². The molecular weight excluding hydrogens is 218 g/mol. The SMILES string of the molecule is CCCCCCCCCCCCC(C)C(N)CC. The molecule has 2 N–H and O–H groups in total. The summed E-state index contributed by atoms with van der Waals surface area (Å²) in [6, 6.07) is 0.420. The minimum atomic E-state index is 0.420. The monoisotopic (exact) mass is 255 g/mol. The molecule has 0 aromatic rings. The van der Waals surface area contributed by atoms with Crippen molar-refractivity contribution in [3.05, 3.63) is 0 Å². The molecule has 0 aromatic heterocycles. The van der Waals surface area contributed by atoms with Gasteiger partial charge in [0.25, 0.3) is 0 Å². The molecule has 2 atom stereocenters. The highest BCUT2D eigenvalue weighted by molar-refractivity contribution is 4.67. The van der Waals surface area contributed by atoms with Gasteiger partial charge < -0.3 is 5.73 Å². The highest BCUT2D eigenvalue weighted by Crippen LogP contribution is 2.16. The predicted molar refractivity (Wildman–Crippen MR) is 83.9 cm³/mol. The predicted octanol–water partition coefficient (Wildman–Crippen LogP) is 5.67. The minimum absolute atomic E-state index is 0.420. The van der Waals surface area contributed by atoms with E-state index in [9.17, 15) is 0 Å². The highest BCUT2D eigenvalue weighted by atomic mass is 14.6. The van der Waals surface area contributed by atoms with Gasteiger partial charge in [0.15, 0.2) is 0 Å². The number of hydrogen-bond donors (Lipinski definition) is 1. The van der Waals surface area contributed by atoms with Crippen molar-refractivity contribution >= 4 is 0 Å². The zero-order valence-electron chi connectivity index (χ0n) is 13.2. The first kappa shape index (κ1) is 18.0. The van der Waals surface area contributed by atoms with E-state index in [1.54, 1.807) is 0 Å². The molecule has 0 saturated carbocycles. The van der Waals surface area contributed by atoms with Crippen LogP contribution in [0, 0.1) is 5.92 Å². The van der Waals surface area contributed by atoms with Crippen LogP contribution in [0.25, 0.3) is 0 Å². The van der Waals surface area contributed by atoms with Crippen LogP contribution in [0.5, 0.6) is 0 Å². The Morgan fingerprint density at radius 1 is 0.722 bits per heavy atom. The van der Waals surface area contributed by atoms with Crippen LogP contribution in [0.3, 0.4) is 0 Å². The van der Waals surface area contributed by atoms with Gasteiger partial charge in [-0.15, -0.1) is 0 Å². The smallest absolute Gasteiger partial charge is 0.00619 e. The molecule has 0 heterocycles. The van der Waals surface area contributed by atoms with Crippen LogP contribution in [-0.4, -0.2) is 6.04 Å². The summed E-state index contributed by atoms with van der Waals surface area (Å²) in [6.45, 7) is 6.78. The van der Waals surface area contributed by atoms with Crippen molar-refractivity contribution in [2.24, 2.45) is 11.7 Å². The molecule has 0 aliphatic heterocycles. The van der Waals surface area contributed by atoms with Crippen molar-refractivity contribution in [3.63, 3.8) is 0 Å². The van der Waals surface area contributed by atoms with Gasteiger partial charge in [0.05, 0.1) is 0 Å². The molecule has 0 fully saturated rings. The van der Waals surface area contributed by atoms with Crippen molar-refractivity contribution in [1.29, 1.82) is 0 Å². The molecule has 0 radical (unpaired) electrons. The molecular formula is C17H37N. The van der Waals surface area contributed by atoms with E-state index in [2.05, 4.69) is 20.8 Å². The Balaban J connectivity index is 3.11. The van der Waals surface area contributed by atoms with Crippen LogP contribution in [-0.2, 0) is 0 Å². The molecule has 0 rings (SSSR count). The maximum Gasteiger partial charge on any atom is 0.00619 e. The molecule has 1 heteroatoms. The third-order valence-electron chi connectivity index (χ3n) is 4.22. The average Bonchev–Trinajstić information content (AvgIpc) is 2.39. The third kappa shape index (κ3) is 11.1. The maximum atomic E-state index is 6.04. The standard InChI is InChI=1S/C17H37N/c1-4-6-7-8-9-10-11-12-13-14-15-16(3)17(18)5-2/h16-17H,4-15,18H2,1-3H3. The van der Waals surface area contributed by atoms with Crippen molar-refractivity contribution in [3.8, 4) is 0 Å². The molecule has 0 bridgehead atoms. The first-order valence-corrected chi connectivity index (χ1v) is 8.47. The summed E-state index contributed by atoms with van der Waals surface area (Å²) < 4.78 is 0. The largest absolute Gasteiger partial charge is 0.327 e. The lowest BCUT2D eigenvalue weighted by atomic mass is 9.94. The summed E-state index contributed by atoms with van der Waals surface area (Å²) >= 11 is 0. The lowest BCUT2D eigenvalue weighted by Crippen LogP contribution is -2.27. The number of nitrogens with two attached hydrogens (primary N) is 1. The zero-order valence-corrected chi connectivity index (χ0v) is 13.2. The Morgan fingerprint density at radius 3 is 1.61 bits per heavy atom. The van der Waals surface area contributed by atoms with Crippen molar-refractivity contribution in [2.45, 2.75) is 104 Å². The van der Waals surface area contributed by atoms with Crippen molar-refractivity contribution < 1.29 is 0 Å². The van der Waals surface area contributed by atoms with Crippen LogP contribution in [0.2, 0.25) is 0 Å². The molecule has 0 aliphatic rings. The lowest BCUT2D eigenvalue weighted by molar-refractivity contribution is 0.396. The lowest BCUT2D eigenvalue weighted by Gasteiger charge is -2.17. The second-order valence-corrected chi connectivity index (χ2v) is 6.02. The van der Waals surface area contributed by atoms with Gasteiger partial charge >= 0.3 is 0 Å². The Labute approximate surface area is 116 Å². The molecule has 2 unspecified atom stereocenters. The normalized spacial score (nSPS) is 14.7. The van der Waals surface area contributed by atoms with Gasteiger partial charge in [-0.3, -0.25) is 0 Å². The van der Waals surface area contributed by atoms with Crippen molar-refractivity contribution in [2.75, 3.05) is 0 Å². The summed E-state index contributed by atoms with van der Waals surface area (Å²) in [7, 11) is 0. The van der Waals surface area contributed by atoms with Gasteiger partial charge in [0.1, 0.15) is 0 Å². The van der Waals surface area contributed by atoms with Gasteiger partial charge in [-0.25, -0.2) is 0 Å². The Bertz CT molecular complexity index is 156. The quantitative estimate of drug-likeness (QED) is 0.421. The van der Waals surface area contributed by atoms with Gasteiger partial charge in [-0.1, -0.05) is 85.0 Å². The minimum Gasteiger partial charge on any atom is -0.327 e. The second-order valence-electron chi connectivity index (χ2n) is 6.02. The molecule has 0 aromatic carbocycles. The Kier molecular flexibility index (Phi) is 13.4. The van der Waals surface area contributed by atoms with Crippen LogP contribution < -0.4 is 5.73 Å². The van der Waals surface area contributed by atoms with E-state index in [0.29, 0.717) is 12.0 Å². The van der Waals surface area contributed by atoms with E-state index in [1.807, 2.05) is 0 Å². The Hall–Kier alpha value is -0.0400.